The summed E-state index contributed by atoms with van der Waals surface area (Å²) < 4.78 is 2.44. The van der Waals surface area contributed by atoms with Crippen molar-refractivity contribution in [3.63, 3.8) is 0 Å². The van der Waals surface area contributed by atoms with Crippen LogP contribution in [-0.2, 0) is 13.0 Å². The Bertz CT molecular complexity index is 733. The molecule has 3 rings (SSSR count). The molecule has 0 N–H and O–H groups in total. The molecule has 2 unspecified atom stereocenters. The third-order valence-corrected chi connectivity index (χ3v) is 6.61. The number of hydrogen-bond acceptors (Lipinski definition) is 2. The largest absolute Gasteiger partial charge is 0.306 e. The number of rotatable bonds is 7. The molecule has 2 aromatic heterocycles. The second-order valence-electron chi connectivity index (χ2n) is 9.29. The standard InChI is InChI=1S/C25H38N3/c1-19(2)25-10-14-28(17-21(4)22-8-12-27(5)13-9-22)18-24(25)15-20(3)23-7-6-11-26-16-23/h6-7,10-11,14,16,18-22H,8-9,12-13,15,17H2,1-5H3/q+1. The highest BCUT2D eigenvalue weighted by molar-refractivity contribution is 5.27. The van der Waals surface area contributed by atoms with Gasteiger partial charge in [0.25, 0.3) is 0 Å². The molecule has 28 heavy (non-hydrogen) atoms. The lowest BCUT2D eigenvalue weighted by molar-refractivity contribution is -0.704. The minimum Gasteiger partial charge on any atom is -0.306 e. The maximum atomic E-state index is 4.31. The Morgan fingerprint density at radius 1 is 1.14 bits per heavy atom. The van der Waals surface area contributed by atoms with Crippen molar-refractivity contribution in [3.8, 4) is 0 Å². The first-order valence-corrected chi connectivity index (χ1v) is 11.0. The molecule has 0 aromatic carbocycles. The number of hydrogen-bond donors (Lipinski definition) is 0. The number of nitrogens with zero attached hydrogens (tertiary/aromatic N) is 3. The fraction of sp³-hybridized carbons (Fsp3) is 0.600. The van der Waals surface area contributed by atoms with Gasteiger partial charge >= 0.3 is 0 Å². The van der Waals surface area contributed by atoms with E-state index in [4.69, 9.17) is 0 Å². The van der Waals surface area contributed by atoms with Crippen molar-refractivity contribution in [2.45, 2.75) is 65.3 Å². The average Bonchev–Trinajstić information content (AvgIpc) is 2.69. The fourth-order valence-corrected chi connectivity index (χ4v) is 4.64. The molecule has 2 atom stereocenters. The number of aromatic nitrogens is 2. The zero-order chi connectivity index (χ0) is 20.1. The van der Waals surface area contributed by atoms with E-state index in [1.807, 2.05) is 18.5 Å². The van der Waals surface area contributed by atoms with E-state index in [1.54, 1.807) is 0 Å². The lowest BCUT2D eigenvalue weighted by Crippen LogP contribution is -2.41. The first kappa shape index (κ1) is 21.0. The van der Waals surface area contributed by atoms with Crippen LogP contribution in [0, 0.1) is 11.8 Å². The van der Waals surface area contributed by atoms with Gasteiger partial charge in [-0.25, -0.2) is 4.57 Å². The van der Waals surface area contributed by atoms with E-state index in [1.165, 1.54) is 42.6 Å². The number of pyridine rings is 2. The molecule has 0 spiro atoms. The highest BCUT2D eigenvalue weighted by atomic mass is 15.1. The van der Waals surface area contributed by atoms with Crippen molar-refractivity contribution in [2.24, 2.45) is 11.8 Å². The molecule has 0 amide bonds. The summed E-state index contributed by atoms with van der Waals surface area (Å²) >= 11 is 0. The van der Waals surface area contributed by atoms with E-state index in [2.05, 4.69) is 73.7 Å². The Hall–Kier alpha value is -1.74. The summed E-state index contributed by atoms with van der Waals surface area (Å²) in [5.74, 6) is 2.61. The average molecular weight is 381 g/mol. The van der Waals surface area contributed by atoms with Crippen molar-refractivity contribution in [1.82, 2.24) is 9.88 Å². The summed E-state index contributed by atoms with van der Waals surface area (Å²) in [4.78, 5) is 6.77. The van der Waals surface area contributed by atoms with Crippen LogP contribution in [0.15, 0.2) is 43.0 Å². The van der Waals surface area contributed by atoms with Gasteiger partial charge in [-0.1, -0.05) is 33.8 Å². The highest BCUT2D eigenvalue weighted by Gasteiger charge is 2.25. The normalized spacial score (nSPS) is 18.4. The third kappa shape index (κ3) is 5.41. The van der Waals surface area contributed by atoms with Crippen molar-refractivity contribution in [2.75, 3.05) is 20.1 Å². The van der Waals surface area contributed by atoms with Gasteiger partial charge in [-0.05, 0) is 74.3 Å². The van der Waals surface area contributed by atoms with Crippen molar-refractivity contribution < 1.29 is 4.57 Å². The zero-order valence-corrected chi connectivity index (χ0v) is 18.4. The van der Waals surface area contributed by atoms with E-state index in [9.17, 15) is 0 Å². The Labute approximate surface area is 171 Å². The van der Waals surface area contributed by atoms with E-state index < -0.39 is 0 Å². The maximum Gasteiger partial charge on any atom is 0.172 e. The molecule has 0 bridgehead atoms. The Morgan fingerprint density at radius 2 is 1.89 bits per heavy atom. The first-order valence-electron chi connectivity index (χ1n) is 11.0. The Morgan fingerprint density at radius 3 is 2.54 bits per heavy atom. The molecule has 3 heteroatoms. The monoisotopic (exact) mass is 380 g/mol. The van der Waals surface area contributed by atoms with Gasteiger partial charge in [0, 0.05) is 29.9 Å². The summed E-state index contributed by atoms with van der Waals surface area (Å²) in [6, 6.07) is 6.60. The van der Waals surface area contributed by atoms with Gasteiger partial charge < -0.3 is 4.90 Å². The molecule has 0 aliphatic carbocycles. The predicted molar refractivity (Wildman–Crippen MR) is 116 cm³/mol. The molecule has 0 saturated carbocycles. The van der Waals surface area contributed by atoms with Gasteiger partial charge in [0.2, 0.25) is 0 Å². The quantitative estimate of drug-likeness (QED) is 0.642. The Balaban J connectivity index is 1.73. The SMILES string of the molecule is CC(C)c1cc[n+](CC(C)C2CCN(C)CC2)cc1CC(C)c1cccnc1. The fourth-order valence-electron chi connectivity index (χ4n) is 4.64. The molecule has 1 fully saturated rings. The zero-order valence-electron chi connectivity index (χ0n) is 18.4. The molecule has 1 aliphatic rings. The van der Waals surface area contributed by atoms with Crippen LogP contribution in [0.3, 0.4) is 0 Å². The summed E-state index contributed by atoms with van der Waals surface area (Å²) in [6.45, 7) is 13.0. The predicted octanol–water partition coefficient (Wildman–Crippen LogP) is 4.82. The van der Waals surface area contributed by atoms with Crippen molar-refractivity contribution >= 4 is 0 Å². The van der Waals surface area contributed by atoms with Gasteiger partial charge in [-0.3, -0.25) is 4.98 Å². The van der Waals surface area contributed by atoms with E-state index >= 15 is 0 Å². The summed E-state index contributed by atoms with van der Waals surface area (Å²) in [5, 5.41) is 0. The van der Waals surface area contributed by atoms with Crippen LogP contribution in [0.2, 0.25) is 0 Å². The van der Waals surface area contributed by atoms with Crippen LogP contribution in [0.5, 0.6) is 0 Å². The van der Waals surface area contributed by atoms with Crippen LogP contribution in [0.25, 0.3) is 0 Å². The van der Waals surface area contributed by atoms with Crippen LogP contribution in [-0.4, -0.2) is 30.0 Å². The number of piperidine rings is 1. The van der Waals surface area contributed by atoms with Crippen molar-refractivity contribution in [1.29, 1.82) is 0 Å². The molecule has 2 aromatic rings. The summed E-state index contributed by atoms with van der Waals surface area (Å²) in [6.07, 6.45) is 12.4. The highest BCUT2D eigenvalue weighted by Crippen LogP contribution is 2.27. The molecule has 1 aliphatic heterocycles. The van der Waals surface area contributed by atoms with E-state index in [-0.39, 0.29) is 0 Å². The minimum absolute atomic E-state index is 0.480. The number of likely N-dealkylation sites (tertiary alicyclic amines) is 1. The lowest BCUT2D eigenvalue weighted by atomic mass is 9.85. The molecular formula is C25H38N3+. The van der Waals surface area contributed by atoms with Crippen LogP contribution >= 0.6 is 0 Å². The molecule has 152 valence electrons. The van der Waals surface area contributed by atoms with Crippen LogP contribution < -0.4 is 4.57 Å². The third-order valence-electron chi connectivity index (χ3n) is 6.61. The van der Waals surface area contributed by atoms with Gasteiger partial charge in [0.05, 0.1) is 0 Å². The van der Waals surface area contributed by atoms with Crippen LogP contribution in [0.1, 0.15) is 69.1 Å². The topological polar surface area (TPSA) is 20.0 Å². The summed E-state index contributed by atoms with van der Waals surface area (Å²) in [5.41, 5.74) is 4.30. The van der Waals surface area contributed by atoms with E-state index in [0.29, 0.717) is 11.8 Å². The minimum atomic E-state index is 0.480. The van der Waals surface area contributed by atoms with E-state index in [0.717, 1.165) is 24.8 Å². The molecule has 0 radical (unpaired) electrons. The smallest absolute Gasteiger partial charge is 0.172 e. The van der Waals surface area contributed by atoms with Gasteiger partial charge in [0.1, 0.15) is 0 Å². The summed E-state index contributed by atoms with van der Waals surface area (Å²) in [7, 11) is 2.25. The molecule has 3 heterocycles. The van der Waals surface area contributed by atoms with Gasteiger partial charge in [-0.15, -0.1) is 0 Å². The molecule has 3 nitrogen and oxygen atoms in total. The second-order valence-corrected chi connectivity index (χ2v) is 9.29. The second kappa shape index (κ2) is 9.65. The molecule has 1 saturated heterocycles. The molecular weight excluding hydrogens is 342 g/mol. The van der Waals surface area contributed by atoms with Gasteiger partial charge in [0.15, 0.2) is 18.9 Å². The van der Waals surface area contributed by atoms with Crippen LogP contribution in [0.4, 0.5) is 0 Å². The Kier molecular flexibility index (Phi) is 7.23. The van der Waals surface area contributed by atoms with Gasteiger partial charge in [-0.2, -0.15) is 0 Å². The lowest BCUT2D eigenvalue weighted by Gasteiger charge is -2.31. The maximum absolute atomic E-state index is 4.31. The van der Waals surface area contributed by atoms with Crippen molar-refractivity contribution in [3.05, 3.63) is 59.7 Å². The first-order chi connectivity index (χ1) is 13.4.